The predicted octanol–water partition coefficient (Wildman–Crippen LogP) is 1.57. The first kappa shape index (κ1) is 4.80. The van der Waals surface area contributed by atoms with E-state index in [1.807, 2.05) is 0 Å². The standard InChI is InChI=1S/C7H12O/c1-5-2-3-6-7(4-5)8-6/h5-7H,2-4H2,1H3/t5-,6+,7-/m1/s1. The van der Waals surface area contributed by atoms with Crippen LogP contribution in [0.5, 0.6) is 0 Å². The van der Waals surface area contributed by atoms with Crippen LogP contribution in [0.1, 0.15) is 26.2 Å². The van der Waals surface area contributed by atoms with E-state index in [4.69, 9.17) is 4.74 Å². The van der Waals surface area contributed by atoms with Gasteiger partial charge >= 0.3 is 0 Å². The van der Waals surface area contributed by atoms with Gasteiger partial charge in [-0.1, -0.05) is 6.92 Å². The molecule has 2 fully saturated rings. The van der Waals surface area contributed by atoms with Gasteiger partial charge in [0.1, 0.15) is 0 Å². The average Bonchev–Trinajstić information content (AvgIpc) is 2.43. The summed E-state index contributed by atoms with van der Waals surface area (Å²) in [5.74, 6) is 0.929. The molecule has 46 valence electrons. The summed E-state index contributed by atoms with van der Waals surface area (Å²) in [7, 11) is 0. The minimum atomic E-state index is 0.679. The maximum atomic E-state index is 5.35. The molecule has 1 heteroatoms. The average molecular weight is 112 g/mol. The normalized spacial score (nSPS) is 52.9. The van der Waals surface area contributed by atoms with E-state index in [0.717, 1.165) is 5.92 Å². The lowest BCUT2D eigenvalue weighted by Gasteiger charge is -2.11. The Bertz CT molecular complexity index is 101. The van der Waals surface area contributed by atoms with Crippen LogP contribution in [0.2, 0.25) is 0 Å². The third kappa shape index (κ3) is 0.655. The van der Waals surface area contributed by atoms with Crippen LogP contribution in [0.4, 0.5) is 0 Å². The quantitative estimate of drug-likeness (QED) is 0.433. The van der Waals surface area contributed by atoms with Crippen LogP contribution in [0.3, 0.4) is 0 Å². The Balaban J connectivity index is 1.93. The Morgan fingerprint density at radius 1 is 1.25 bits per heavy atom. The van der Waals surface area contributed by atoms with Crippen molar-refractivity contribution in [2.45, 2.75) is 38.4 Å². The lowest BCUT2D eigenvalue weighted by Crippen LogP contribution is -2.09. The van der Waals surface area contributed by atoms with Crippen molar-refractivity contribution in [2.24, 2.45) is 5.92 Å². The Morgan fingerprint density at radius 3 is 2.75 bits per heavy atom. The van der Waals surface area contributed by atoms with Crippen molar-refractivity contribution in [3.63, 3.8) is 0 Å². The molecule has 1 saturated carbocycles. The molecular weight excluding hydrogens is 100 g/mol. The number of rotatable bonds is 0. The zero-order valence-electron chi connectivity index (χ0n) is 5.26. The van der Waals surface area contributed by atoms with Crippen LogP contribution >= 0.6 is 0 Å². The second kappa shape index (κ2) is 1.47. The Labute approximate surface area is 50.0 Å². The van der Waals surface area contributed by atoms with E-state index in [9.17, 15) is 0 Å². The number of ether oxygens (including phenoxy) is 1. The fourth-order valence-corrected chi connectivity index (χ4v) is 1.60. The SMILES string of the molecule is C[C@@H]1CC[C@@H]2O[C@@H]2C1. The van der Waals surface area contributed by atoms with Crippen molar-refractivity contribution < 1.29 is 4.74 Å². The molecule has 2 rings (SSSR count). The fraction of sp³-hybridized carbons (Fsp3) is 1.00. The topological polar surface area (TPSA) is 12.5 Å². The number of hydrogen-bond donors (Lipinski definition) is 0. The molecule has 0 unspecified atom stereocenters. The predicted molar refractivity (Wildman–Crippen MR) is 31.7 cm³/mol. The van der Waals surface area contributed by atoms with E-state index in [-0.39, 0.29) is 0 Å². The second-order valence-corrected chi connectivity index (χ2v) is 3.13. The molecule has 3 atom stereocenters. The summed E-state index contributed by atoms with van der Waals surface area (Å²) < 4.78 is 5.35. The monoisotopic (exact) mass is 112 g/mol. The molecular formula is C7H12O. The number of fused-ring (bicyclic) bond motifs is 1. The van der Waals surface area contributed by atoms with Gasteiger partial charge in [0.15, 0.2) is 0 Å². The highest BCUT2D eigenvalue weighted by molar-refractivity contribution is 4.90. The van der Waals surface area contributed by atoms with Gasteiger partial charge in [-0.25, -0.2) is 0 Å². The van der Waals surface area contributed by atoms with E-state index < -0.39 is 0 Å². The van der Waals surface area contributed by atoms with Gasteiger partial charge in [-0.05, 0) is 25.2 Å². The molecule has 0 N–H and O–H groups in total. The number of epoxide rings is 1. The Kier molecular flexibility index (Phi) is 0.884. The van der Waals surface area contributed by atoms with Crippen LogP contribution in [0.15, 0.2) is 0 Å². The summed E-state index contributed by atoms with van der Waals surface area (Å²) in [6.45, 7) is 2.32. The van der Waals surface area contributed by atoms with Crippen LogP contribution in [-0.4, -0.2) is 12.2 Å². The van der Waals surface area contributed by atoms with E-state index >= 15 is 0 Å². The number of hydrogen-bond acceptors (Lipinski definition) is 1. The highest BCUT2D eigenvalue weighted by Crippen LogP contribution is 2.38. The minimum absolute atomic E-state index is 0.679. The Hall–Kier alpha value is -0.0400. The molecule has 0 aromatic heterocycles. The van der Waals surface area contributed by atoms with Gasteiger partial charge in [-0.3, -0.25) is 0 Å². The molecule has 1 saturated heterocycles. The van der Waals surface area contributed by atoms with Crippen molar-refractivity contribution in [3.8, 4) is 0 Å². The molecule has 1 aliphatic heterocycles. The summed E-state index contributed by atoms with van der Waals surface area (Å²) in [4.78, 5) is 0. The zero-order chi connectivity index (χ0) is 5.56. The summed E-state index contributed by atoms with van der Waals surface area (Å²) in [6.07, 6.45) is 5.41. The highest BCUT2D eigenvalue weighted by atomic mass is 16.6. The van der Waals surface area contributed by atoms with Crippen LogP contribution < -0.4 is 0 Å². The fourth-order valence-electron chi connectivity index (χ4n) is 1.60. The first-order valence-electron chi connectivity index (χ1n) is 3.52. The van der Waals surface area contributed by atoms with Crippen molar-refractivity contribution in [1.82, 2.24) is 0 Å². The van der Waals surface area contributed by atoms with Crippen molar-refractivity contribution in [3.05, 3.63) is 0 Å². The molecule has 0 spiro atoms. The van der Waals surface area contributed by atoms with Gasteiger partial charge in [0.25, 0.3) is 0 Å². The summed E-state index contributed by atoms with van der Waals surface area (Å²) >= 11 is 0. The third-order valence-corrected chi connectivity index (χ3v) is 2.27. The van der Waals surface area contributed by atoms with Crippen molar-refractivity contribution in [2.75, 3.05) is 0 Å². The van der Waals surface area contributed by atoms with Crippen LogP contribution in [-0.2, 0) is 4.74 Å². The lowest BCUT2D eigenvalue weighted by atomic mass is 9.91. The van der Waals surface area contributed by atoms with Gasteiger partial charge in [0, 0.05) is 0 Å². The lowest BCUT2D eigenvalue weighted by molar-refractivity contribution is 0.367. The van der Waals surface area contributed by atoms with Crippen molar-refractivity contribution in [1.29, 1.82) is 0 Å². The third-order valence-electron chi connectivity index (χ3n) is 2.27. The molecule has 0 amide bonds. The van der Waals surface area contributed by atoms with E-state index in [1.165, 1.54) is 19.3 Å². The second-order valence-electron chi connectivity index (χ2n) is 3.13. The first-order chi connectivity index (χ1) is 3.86. The highest BCUT2D eigenvalue weighted by Gasteiger charge is 2.42. The summed E-state index contributed by atoms with van der Waals surface area (Å²) in [5, 5.41) is 0. The molecule has 1 nitrogen and oxygen atoms in total. The smallest absolute Gasteiger partial charge is 0.0844 e. The van der Waals surface area contributed by atoms with Gasteiger partial charge in [-0.2, -0.15) is 0 Å². The largest absolute Gasteiger partial charge is 0.370 e. The van der Waals surface area contributed by atoms with Crippen molar-refractivity contribution >= 4 is 0 Å². The minimum Gasteiger partial charge on any atom is -0.370 e. The maximum Gasteiger partial charge on any atom is 0.0844 e. The Morgan fingerprint density at radius 2 is 2.12 bits per heavy atom. The molecule has 0 bridgehead atoms. The van der Waals surface area contributed by atoms with Gasteiger partial charge in [-0.15, -0.1) is 0 Å². The zero-order valence-corrected chi connectivity index (χ0v) is 5.26. The van der Waals surface area contributed by atoms with E-state index in [1.54, 1.807) is 0 Å². The molecule has 0 radical (unpaired) electrons. The van der Waals surface area contributed by atoms with Gasteiger partial charge < -0.3 is 4.74 Å². The molecule has 2 aliphatic rings. The van der Waals surface area contributed by atoms with E-state index in [0.29, 0.717) is 12.2 Å². The summed E-state index contributed by atoms with van der Waals surface area (Å²) in [5.41, 5.74) is 0. The van der Waals surface area contributed by atoms with E-state index in [2.05, 4.69) is 6.92 Å². The maximum absolute atomic E-state index is 5.35. The summed E-state index contributed by atoms with van der Waals surface area (Å²) in [6, 6.07) is 0. The molecule has 1 aliphatic carbocycles. The molecule has 0 aromatic carbocycles. The first-order valence-corrected chi connectivity index (χ1v) is 3.52. The molecule has 1 heterocycles. The molecule has 8 heavy (non-hydrogen) atoms. The molecule has 0 aromatic rings. The van der Waals surface area contributed by atoms with Crippen LogP contribution in [0, 0.1) is 5.92 Å². The van der Waals surface area contributed by atoms with Crippen LogP contribution in [0.25, 0.3) is 0 Å². The van der Waals surface area contributed by atoms with Gasteiger partial charge in [0.05, 0.1) is 12.2 Å². The van der Waals surface area contributed by atoms with Gasteiger partial charge in [0.2, 0.25) is 0 Å².